The van der Waals surface area contributed by atoms with Gasteiger partial charge >= 0.3 is 5.97 Å². The van der Waals surface area contributed by atoms with Gasteiger partial charge in [-0.1, -0.05) is 48.5 Å². The number of carboxylic acids is 1. The number of hydrogen-bond donors (Lipinski definition) is 1. The molecule has 36 heavy (non-hydrogen) atoms. The molecule has 6 heteroatoms. The highest BCUT2D eigenvalue weighted by atomic mass is 16.5. The molecule has 1 fully saturated rings. The lowest BCUT2D eigenvalue weighted by atomic mass is 9.91. The quantitative estimate of drug-likeness (QED) is 0.400. The van der Waals surface area contributed by atoms with Crippen LogP contribution in [0.2, 0.25) is 0 Å². The number of likely N-dealkylation sites (tertiary alicyclic amines) is 1. The van der Waals surface area contributed by atoms with Crippen molar-refractivity contribution in [1.82, 2.24) is 4.90 Å². The highest BCUT2D eigenvalue weighted by Crippen LogP contribution is 2.38. The molecule has 190 valence electrons. The Morgan fingerprint density at radius 1 is 1.00 bits per heavy atom. The minimum atomic E-state index is -0.721. The Morgan fingerprint density at radius 3 is 2.39 bits per heavy atom. The lowest BCUT2D eigenvalue weighted by molar-refractivity contribution is -0.143. The molecular formula is C30H36N2O4. The first-order valence-corrected chi connectivity index (χ1v) is 12.6. The van der Waals surface area contributed by atoms with Crippen molar-refractivity contribution in [3.05, 3.63) is 89.5 Å². The largest absolute Gasteiger partial charge is 0.490 e. The Labute approximate surface area is 214 Å². The molecule has 1 saturated heterocycles. The molecule has 1 heterocycles. The van der Waals surface area contributed by atoms with Gasteiger partial charge < -0.3 is 19.5 Å². The standard InChI is InChI=1S/C30H36N2O4/c1-4-35-28-19-24(14-17-27(28)36-21-22-9-6-5-7-10-22)29(23-12-15-26(16-13-23)31(2)3)32-18-8-11-25(20-32)30(33)34/h5-7,9-10,12-17,19,25,29H,4,8,11,18,20-21H2,1-3H3,(H,33,34). The number of ether oxygens (including phenoxy) is 2. The highest BCUT2D eigenvalue weighted by Gasteiger charge is 2.31. The molecule has 3 aromatic carbocycles. The normalized spacial score (nSPS) is 16.8. The Balaban J connectivity index is 1.67. The van der Waals surface area contributed by atoms with Crippen molar-refractivity contribution >= 4 is 11.7 Å². The van der Waals surface area contributed by atoms with Crippen molar-refractivity contribution in [3.8, 4) is 11.5 Å². The molecule has 0 bridgehead atoms. The Kier molecular flexibility index (Phi) is 8.49. The van der Waals surface area contributed by atoms with Gasteiger partial charge in [-0.05, 0) is 67.3 Å². The third-order valence-electron chi connectivity index (χ3n) is 6.71. The van der Waals surface area contributed by atoms with Crippen LogP contribution in [0.5, 0.6) is 11.5 Å². The molecule has 1 aliphatic rings. The van der Waals surface area contributed by atoms with Gasteiger partial charge in [-0.3, -0.25) is 9.69 Å². The number of nitrogens with zero attached hydrogens (tertiary/aromatic N) is 2. The molecule has 4 rings (SSSR count). The van der Waals surface area contributed by atoms with Crippen LogP contribution in [0.15, 0.2) is 72.8 Å². The predicted octanol–water partition coefficient (Wildman–Crippen LogP) is 5.62. The second-order valence-corrected chi connectivity index (χ2v) is 9.47. The maximum atomic E-state index is 11.8. The maximum Gasteiger partial charge on any atom is 0.307 e. The smallest absolute Gasteiger partial charge is 0.307 e. The number of anilines is 1. The topological polar surface area (TPSA) is 62.2 Å². The molecule has 0 aromatic heterocycles. The van der Waals surface area contributed by atoms with E-state index >= 15 is 0 Å². The molecule has 0 amide bonds. The molecule has 0 spiro atoms. The summed E-state index contributed by atoms with van der Waals surface area (Å²) in [4.78, 5) is 16.2. The van der Waals surface area contributed by atoms with Gasteiger partial charge in [0.15, 0.2) is 11.5 Å². The number of piperidine rings is 1. The Hall–Kier alpha value is -3.51. The van der Waals surface area contributed by atoms with Crippen molar-refractivity contribution in [3.63, 3.8) is 0 Å². The van der Waals surface area contributed by atoms with Crippen LogP contribution in [0.3, 0.4) is 0 Å². The fourth-order valence-corrected chi connectivity index (χ4v) is 4.83. The maximum absolute atomic E-state index is 11.8. The van der Waals surface area contributed by atoms with Crippen molar-refractivity contribution in [1.29, 1.82) is 0 Å². The van der Waals surface area contributed by atoms with Crippen LogP contribution in [0.1, 0.15) is 42.5 Å². The third kappa shape index (κ3) is 6.18. The van der Waals surface area contributed by atoms with Crippen LogP contribution >= 0.6 is 0 Å². The average Bonchev–Trinajstić information content (AvgIpc) is 2.89. The molecule has 6 nitrogen and oxygen atoms in total. The zero-order valence-corrected chi connectivity index (χ0v) is 21.4. The fourth-order valence-electron chi connectivity index (χ4n) is 4.83. The van der Waals surface area contributed by atoms with Gasteiger partial charge in [0.25, 0.3) is 0 Å². The fraction of sp³-hybridized carbons (Fsp3) is 0.367. The van der Waals surface area contributed by atoms with Crippen LogP contribution < -0.4 is 14.4 Å². The lowest BCUT2D eigenvalue weighted by Gasteiger charge is -2.38. The van der Waals surface area contributed by atoms with E-state index in [1.54, 1.807) is 0 Å². The molecule has 1 N–H and O–H groups in total. The summed E-state index contributed by atoms with van der Waals surface area (Å²) in [6.45, 7) is 4.32. The molecule has 3 aromatic rings. The summed E-state index contributed by atoms with van der Waals surface area (Å²) in [5.74, 6) is 0.323. The Bertz CT molecular complexity index is 1130. The van der Waals surface area contributed by atoms with Crippen LogP contribution in [-0.4, -0.2) is 49.8 Å². The average molecular weight is 489 g/mol. The second kappa shape index (κ2) is 12.0. The summed E-state index contributed by atoms with van der Waals surface area (Å²) in [6.07, 6.45) is 1.58. The molecule has 0 aliphatic carbocycles. The van der Waals surface area contributed by atoms with Crippen LogP contribution in [0, 0.1) is 5.92 Å². The van der Waals surface area contributed by atoms with Gasteiger partial charge in [0.05, 0.1) is 18.6 Å². The number of carboxylic acid groups (broad SMARTS) is 1. The molecule has 1 aliphatic heterocycles. The Morgan fingerprint density at radius 2 is 1.72 bits per heavy atom. The number of benzene rings is 3. The van der Waals surface area contributed by atoms with E-state index in [4.69, 9.17) is 9.47 Å². The van der Waals surface area contributed by atoms with Crippen molar-refractivity contribution in [2.45, 2.75) is 32.4 Å². The van der Waals surface area contributed by atoms with Gasteiger partial charge in [-0.25, -0.2) is 0 Å². The minimum absolute atomic E-state index is 0.0780. The first kappa shape index (κ1) is 25.6. The third-order valence-corrected chi connectivity index (χ3v) is 6.71. The van der Waals surface area contributed by atoms with Crippen LogP contribution in [0.25, 0.3) is 0 Å². The highest BCUT2D eigenvalue weighted by molar-refractivity contribution is 5.70. The van der Waals surface area contributed by atoms with Gasteiger partial charge in [0, 0.05) is 26.3 Å². The van der Waals surface area contributed by atoms with E-state index in [1.165, 1.54) is 0 Å². The van der Waals surface area contributed by atoms with Crippen molar-refractivity contribution in [2.24, 2.45) is 5.92 Å². The molecule has 2 unspecified atom stereocenters. The van der Waals surface area contributed by atoms with Gasteiger partial charge in [-0.15, -0.1) is 0 Å². The summed E-state index contributed by atoms with van der Waals surface area (Å²) in [5, 5.41) is 9.71. The van der Waals surface area contributed by atoms with Crippen molar-refractivity contribution < 1.29 is 19.4 Å². The van der Waals surface area contributed by atoms with E-state index in [1.807, 2.05) is 57.4 Å². The molecule has 0 radical (unpaired) electrons. The van der Waals surface area contributed by atoms with Crippen LogP contribution in [0.4, 0.5) is 5.69 Å². The monoisotopic (exact) mass is 488 g/mol. The summed E-state index contributed by atoms with van der Waals surface area (Å²) >= 11 is 0. The van der Waals surface area contributed by atoms with E-state index in [0.717, 1.165) is 35.3 Å². The summed E-state index contributed by atoms with van der Waals surface area (Å²) in [7, 11) is 4.05. The zero-order valence-electron chi connectivity index (χ0n) is 21.4. The minimum Gasteiger partial charge on any atom is -0.490 e. The zero-order chi connectivity index (χ0) is 25.5. The van der Waals surface area contributed by atoms with E-state index in [9.17, 15) is 9.90 Å². The van der Waals surface area contributed by atoms with E-state index < -0.39 is 5.97 Å². The number of aliphatic carboxylic acids is 1. The van der Waals surface area contributed by atoms with E-state index in [2.05, 4.69) is 46.2 Å². The molecule has 0 saturated carbocycles. The first-order valence-electron chi connectivity index (χ1n) is 12.6. The predicted molar refractivity (Wildman–Crippen MR) is 143 cm³/mol. The summed E-state index contributed by atoms with van der Waals surface area (Å²) in [5.41, 5.74) is 4.41. The van der Waals surface area contributed by atoms with Crippen LogP contribution in [-0.2, 0) is 11.4 Å². The molecular weight excluding hydrogens is 452 g/mol. The van der Waals surface area contributed by atoms with E-state index in [0.29, 0.717) is 37.7 Å². The van der Waals surface area contributed by atoms with Gasteiger partial charge in [-0.2, -0.15) is 0 Å². The summed E-state index contributed by atoms with van der Waals surface area (Å²) in [6, 6.07) is 24.6. The van der Waals surface area contributed by atoms with E-state index in [-0.39, 0.29) is 12.0 Å². The SMILES string of the molecule is CCOc1cc(C(c2ccc(N(C)C)cc2)N2CCCC(C(=O)O)C2)ccc1OCc1ccccc1. The van der Waals surface area contributed by atoms with Gasteiger partial charge in [0.1, 0.15) is 6.61 Å². The first-order chi connectivity index (χ1) is 17.5. The number of rotatable bonds is 10. The van der Waals surface area contributed by atoms with Crippen molar-refractivity contribution in [2.75, 3.05) is 38.7 Å². The number of carbonyl (C=O) groups is 1. The molecule has 2 atom stereocenters. The number of hydrogen-bond acceptors (Lipinski definition) is 5. The lowest BCUT2D eigenvalue weighted by Crippen LogP contribution is -2.41. The summed E-state index contributed by atoms with van der Waals surface area (Å²) < 4.78 is 12.1. The van der Waals surface area contributed by atoms with Gasteiger partial charge in [0.2, 0.25) is 0 Å². The second-order valence-electron chi connectivity index (χ2n) is 9.47.